The van der Waals surface area contributed by atoms with E-state index in [0.29, 0.717) is 19.4 Å². The van der Waals surface area contributed by atoms with Gasteiger partial charge in [-0.15, -0.1) is 0 Å². The first-order valence-electron chi connectivity index (χ1n) is 7.65. The standard InChI is InChI=1S/C15H25NO6.Na/c1-9(2)14(19)21-10(3)22-15(20)16-8-11-4-6-12(7-5-11)13(17)18;/h9-12H,4-8H2,1-3H3,(H,16,20)(H,17,18);/q;+1/p-1/t10-,11-,12-;/m1./s1. The quantitative estimate of drug-likeness (QED) is 0.336. The fourth-order valence-electron chi connectivity index (χ4n) is 2.35. The van der Waals surface area contributed by atoms with E-state index in [-0.39, 0.29) is 47.3 Å². The minimum absolute atomic E-state index is 0. The van der Waals surface area contributed by atoms with Crippen molar-refractivity contribution < 1.29 is 58.5 Å². The molecule has 1 aliphatic rings. The largest absolute Gasteiger partial charge is 1.00 e. The number of alkyl carbamates (subject to hydrolysis) is 1. The average Bonchev–Trinajstić information content (AvgIpc) is 2.45. The van der Waals surface area contributed by atoms with Crippen LogP contribution in [0.1, 0.15) is 46.5 Å². The molecule has 7 nitrogen and oxygen atoms in total. The summed E-state index contributed by atoms with van der Waals surface area (Å²) in [4.78, 5) is 33.7. The predicted molar refractivity (Wildman–Crippen MR) is 75.3 cm³/mol. The molecule has 1 rings (SSSR count). The number of carbonyl (C=O) groups is 3. The Hall–Kier alpha value is -0.790. The van der Waals surface area contributed by atoms with Crippen LogP contribution >= 0.6 is 0 Å². The topological polar surface area (TPSA) is 105 Å². The third-order valence-corrected chi connectivity index (χ3v) is 3.74. The summed E-state index contributed by atoms with van der Waals surface area (Å²) >= 11 is 0. The number of hydrogen-bond donors (Lipinski definition) is 1. The van der Waals surface area contributed by atoms with Gasteiger partial charge in [0, 0.05) is 19.4 Å². The molecule has 1 fully saturated rings. The van der Waals surface area contributed by atoms with Gasteiger partial charge in [-0.25, -0.2) is 4.79 Å². The molecule has 0 aromatic rings. The summed E-state index contributed by atoms with van der Waals surface area (Å²) < 4.78 is 9.84. The van der Waals surface area contributed by atoms with E-state index in [1.807, 2.05) is 0 Å². The number of esters is 1. The molecular formula is C15H24NNaO6. The van der Waals surface area contributed by atoms with Crippen LogP contribution in [0.3, 0.4) is 0 Å². The second-order valence-electron chi connectivity index (χ2n) is 5.98. The van der Waals surface area contributed by atoms with E-state index in [1.165, 1.54) is 6.92 Å². The number of nitrogens with one attached hydrogen (secondary N) is 1. The summed E-state index contributed by atoms with van der Waals surface area (Å²) in [5, 5.41) is 13.4. The van der Waals surface area contributed by atoms with Gasteiger partial charge in [-0.3, -0.25) is 4.79 Å². The number of ether oxygens (including phenoxy) is 2. The fraction of sp³-hybridized carbons (Fsp3) is 0.800. The number of hydrogen-bond acceptors (Lipinski definition) is 6. The third-order valence-electron chi connectivity index (χ3n) is 3.74. The van der Waals surface area contributed by atoms with E-state index in [9.17, 15) is 19.5 Å². The summed E-state index contributed by atoms with van der Waals surface area (Å²) in [6, 6.07) is 0. The zero-order valence-corrected chi connectivity index (χ0v) is 16.3. The smallest absolute Gasteiger partial charge is 0.550 e. The number of amides is 1. The molecule has 0 saturated heterocycles. The van der Waals surface area contributed by atoms with Gasteiger partial charge in [0.25, 0.3) is 0 Å². The Balaban J connectivity index is 0.00000484. The molecule has 0 aromatic heterocycles. The molecule has 0 radical (unpaired) electrons. The van der Waals surface area contributed by atoms with Crippen LogP contribution in [0.25, 0.3) is 0 Å². The number of carbonyl (C=O) groups excluding carboxylic acids is 3. The van der Waals surface area contributed by atoms with Gasteiger partial charge in [-0.2, -0.15) is 0 Å². The number of carboxylic acid groups (broad SMARTS) is 1. The van der Waals surface area contributed by atoms with E-state index in [2.05, 4.69) is 5.32 Å². The van der Waals surface area contributed by atoms with E-state index in [1.54, 1.807) is 13.8 Å². The zero-order valence-electron chi connectivity index (χ0n) is 14.3. The van der Waals surface area contributed by atoms with Gasteiger partial charge in [0.2, 0.25) is 6.29 Å². The van der Waals surface area contributed by atoms with E-state index in [0.717, 1.165) is 12.8 Å². The molecule has 1 amide bonds. The molecule has 0 bridgehead atoms. The maximum atomic E-state index is 11.6. The van der Waals surface area contributed by atoms with Gasteiger partial charge in [0.15, 0.2) is 0 Å². The van der Waals surface area contributed by atoms with Gasteiger partial charge >= 0.3 is 41.6 Å². The summed E-state index contributed by atoms with van der Waals surface area (Å²) in [5.74, 6) is -1.85. The molecule has 0 aliphatic heterocycles. The molecule has 126 valence electrons. The van der Waals surface area contributed by atoms with Gasteiger partial charge < -0.3 is 24.7 Å². The molecule has 1 saturated carbocycles. The molecule has 0 spiro atoms. The van der Waals surface area contributed by atoms with E-state index in [4.69, 9.17) is 9.47 Å². The second kappa shape index (κ2) is 10.9. The normalized spacial score (nSPS) is 21.7. The third kappa shape index (κ3) is 8.58. The van der Waals surface area contributed by atoms with Crippen molar-refractivity contribution in [3.63, 3.8) is 0 Å². The molecular weight excluding hydrogens is 313 g/mol. The molecule has 1 aliphatic carbocycles. The average molecular weight is 337 g/mol. The van der Waals surface area contributed by atoms with Crippen LogP contribution in [0.15, 0.2) is 0 Å². The van der Waals surface area contributed by atoms with Gasteiger partial charge in [-0.05, 0) is 37.5 Å². The maximum absolute atomic E-state index is 11.6. The monoisotopic (exact) mass is 337 g/mol. The van der Waals surface area contributed by atoms with Crippen molar-refractivity contribution in [2.45, 2.75) is 52.7 Å². The minimum atomic E-state index is -0.994. The van der Waals surface area contributed by atoms with Crippen molar-refractivity contribution in [3.05, 3.63) is 0 Å². The van der Waals surface area contributed by atoms with Crippen molar-refractivity contribution in [1.82, 2.24) is 5.32 Å². The molecule has 23 heavy (non-hydrogen) atoms. The Morgan fingerprint density at radius 3 is 2.13 bits per heavy atom. The van der Waals surface area contributed by atoms with Gasteiger partial charge in [0.1, 0.15) is 0 Å². The Labute approximate surface area is 158 Å². The van der Waals surface area contributed by atoms with Crippen LogP contribution in [0.5, 0.6) is 0 Å². The molecule has 0 heterocycles. The van der Waals surface area contributed by atoms with Crippen LogP contribution in [0, 0.1) is 17.8 Å². The predicted octanol–water partition coefficient (Wildman–Crippen LogP) is -2.18. The first-order valence-corrected chi connectivity index (χ1v) is 7.65. The van der Waals surface area contributed by atoms with Crippen LogP contribution < -0.4 is 40.0 Å². The molecule has 8 heteroatoms. The second-order valence-corrected chi connectivity index (χ2v) is 5.98. The van der Waals surface area contributed by atoms with Gasteiger partial charge in [-0.1, -0.05) is 13.8 Å². The van der Waals surface area contributed by atoms with Crippen LogP contribution in [-0.4, -0.2) is 30.9 Å². The molecule has 0 unspecified atom stereocenters. The Morgan fingerprint density at radius 1 is 1.09 bits per heavy atom. The summed E-state index contributed by atoms with van der Waals surface area (Å²) in [5.41, 5.74) is 0. The van der Waals surface area contributed by atoms with Crippen molar-refractivity contribution in [1.29, 1.82) is 0 Å². The number of aliphatic carboxylic acids is 1. The first-order chi connectivity index (χ1) is 10.3. The Morgan fingerprint density at radius 2 is 1.65 bits per heavy atom. The van der Waals surface area contributed by atoms with Crippen molar-refractivity contribution in [3.8, 4) is 0 Å². The van der Waals surface area contributed by atoms with Crippen LogP contribution in [0.2, 0.25) is 0 Å². The Bertz CT molecular complexity index is 407. The zero-order chi connectivity index (χ0) is 16.7. The molecule has 0 aromatic carbocycles. The van der Waals surface area contributed by atoms with E-state index >= 15 is 0 Å². The molecule has 1 atom stereocenters. The van der Waals surface area contributed by atoms with E-state index < -0.39 is 24.3 Å². The van der Waals surface area contributed by atoms with Crippen molar-refractivity contribution >= 4 is 18.0 Å². The first kappa shape index (κ1) is 22.2. The summed E-state index contributed by atoms with van der Waals surface area (Å²) in [6.07, 6.45) is 1.03. The van der Waals surface area contributed by atoms with Crippen LogP contribution in [0.4, 0.5) is 4.79 Å². The maximum Gasteiger partial charge on any atom is 1.00 e. The molecule has 1 N–H and O–H groups in total. The summed E-state index contributed by atoms with van der Waals surface area (Å²) in [7, 11) is 0. The van der Waals surface area contributed by atoms with Crippen molar-refractivity contribution in [2.24, 2.45) is 17.8 Å². The summed E-state index contributed by atoms with van der Waals surface area (Å²) in [6.45, 7) is 5.28. The number of rotatable bonds is 6. The number of carboxylic acids is 1. The van der Waals surface area contributed by atoms with Gasteiger partial charge in [0.05, 0.1) is 5.92 Å². The Kier molecular flexibility index (Phi) is 10.5. The van der Waals surface area contributed by atoms with Crippen molar-refractivity contribution in [2.75, 3.05) is 6.54 Å². The minimum Gasteiger partial charge on any atom is -0.550 e. The van der Waals surface area contributed by atoms with Crippen LogP contribution in [-0.2, 0) is 19.1 Å². The fourth-order valence-corrected chi connectivity index (χ4v) is 2.35. The SMILES string of the molecule is CC(C)C(=O)O[C@@H](C)OC(=O)NC[C@H]1CC[C@H](C(=O)[O-])CC1.[Na+].